The van der Waals surface area contributed by atoms with Crippen molar-refractivity contribution in [1.82, 2.24) is 10.2 Å². The first-order chi connectivity index (χ1) is 7.76. The summed E-state index contributed by atoms with van der Waals surface area (Å²) in [5.74, 6) is 0. The van der Waals surface area contributed by atoms with E-state index in [9.17, 15) is 13.2 Å². The molecule has 1 fully saturated rings. The first-order valence-electron chi connectivity index (χ1n) is 6.31. The molecule has 2 atom stereocenters. The number of rotatable bonds is 4. The second-order valence-electron chi connectivity index (χ2n) is 5.33. The molecule has 0 aliphatic carbocycles. The topological polar surface area (TPSA) is 15.3 Å². The zero-order valence-electron chi connectivity index (χ0n) is 10.9. The second-order valence-corrected chi connectivity index (χ2v) is 5.33. The van der Waals surface area contributed by atoms with E-state index in [-0.39, 0.29) is 12.0 Å². The Hall–Kier alpha value is -0.290. The number of halogens is 3. The molecule has 1 saturated heterocycles. The molecule has 0 aromatic rings. The molecule has 17 heavy (non-hydrogen) atoms. The Morgan fingerprint density at radius 3 is 2.59 bits per heavy atom. The molecule has 2 nitrogen and oxygen atoms in total. The van der Waals surface area contributed by atoms with Crippen molar-refractivity contribution in [1.29, 1.82) is 0 Å². The van der Waals surface area contributed by atoms with Crippen molar-refractivity contribution in [2.24, 2.45) is 0 Å². The minimum absolute atomic E-state index is 0.0464. The van der Waals surface area contributed by atoms with Gasteiger partial charge in [-0.15, -0.1) is 0 Å². The van der Waals surface area contributed by atoms with Gasteiger partial charge < -0.3 is 5.32 Å². The Kier molecular flexibility index (Phi) is 4.84. The molecule has 0 bridgehead atoms. The molecule has 1 aliphatic rings. The van der Waals surface area contributed by atoms with Crippen LogP contribution in [0.4, 0.5) is 13.2 Å². The Morgan fingerprint density at radius 1 is 1.41 bits per heavy atom. The molecule has 1 N–H and O–H groups in total. The lowest BCUT2D eigenvalue weighted by Crippen LogP contribution is -2.61. The van der Waals surface area contributed by atoms with E-state index in [1.165, 1.54) is 0 Å². The number of alkyl halides is 3. The van der Waals surface area contributed by atoms with Crippen molar-refractivity contribution in [3.8, 4) is 0 Å². The Morgan fingerprint density at radius 2 is 2.06 bits per heavy atom. The van der Waals surface area contributed by atoms with Crippen molar-refractivity contribution < 1.29 is 13.2 Å². The van der Waals surface area contributed by atoms with Gasteiger partial charge in [0.1, 0.15) is 0 Å². The number of nitrogens with one attached hydrogen (secondary N) is 1. The van der Waals surface area contributed by atoms with Crippen LogP contribution in [-0.4, -0.2) is 42.3 Å². The molecule has 0 saturated carbocycles. The molecule has 102 valence electrons. The normalized spacial score (nSPS) is 31.8. The summed E-state index contributed by atoms with van der Waals surface area (Å²) in [5, 5.41) is 3.47. The minimum atomic E-state index is -4.02. The summed E-state index contributed by atoms with van der Waals surface area (Å²) in [6.45, 7) is 8.54. The van der Waals surface area contributed by atoms with E-state index in [4.69, 9.17) is 0 Å². The van der Waals surface area contributed by atoms with Gasteiger partial charge >= 0.3 is 6.18 Å². The molecule has 1 aliphatic heterocycles. The maximum Gasteiger partial charge on any atom is 0.389 e. The van der Waals surface area contributed by atoms with Crippen LogP contribution in [-0.2, 0) is 0 Å². The lowest BCUT2D eigenvalue weighted by atomic mass is 9.93. The summed E-state index contributed by atoms with van der Waals surface area (Å²) >= 11 is 0. The highest BCUT2D eigenvalue weighted by atomic mass is 19.4. The van der Waals surface area contributed by atoms with Crippen molar-refractivity contribution in [3.05, 3.63) is 0 Å². The summed E-state index contributed by atoms with van der Waals surface area (Å²) < 4.78 is 36.3. The van der Waals surface area contributed by atoms with E-state index in [2.05, 4.69) is 31.0 Å². The largest absolute Gasteiger partial charge is 0.389 e. The van der Waals surface area contributed by atoms with Gasteiger partial charge in [-0.1, -0.05) is 6.92 Å². The number of hydrogen-bond donors (Lipinski definition) is 1. The third-order valence-electron chi connectivity index (χ3n) is 3.69. The van der Waals surface area contributed by atoms with Crippen LogP contribution in [0, 0.1) is 0 Å². The Bertz CT molecular complexity index is 242. The quantitative estimate of drug-likeness (QED) is 0.827. The van der Waals surface area contributed by atoms with Gasteiger partial charge in [-0.3, -0.25) is 4.90 Å². The van der Waals surface area contributed by atoms with Crippen LogP contribution in [0.5, 0.6) is 0 Å². The van der Waals surface area contributed by atoms with Crippen LogP contribution in [0.25, 0.3) is 0 Å². The van der Waals surface area contributed by atoms with Crippen LogP contribution in [0.2, 0.25) is 0 Å². The van der Waals surface area contributed by atoms with Crippen molar-refractivity contribution in [2.75, 3.05) is 19.6 Å². The van der Waals surface area contributed by atoms with E-state index in [1.54, 1.807) is 0 Å². The number of nitrogens with zero attached hydrogens (tertiary/aromatic N) is 1. The third-order valence-corrected chi connectivity index (χ3v) is 3.69. The summed E-state index contributed by atoms with van der Waals surface area (Å²) in [5.41, 5.74) is 0.0464. The molecule has 2 unspecified atom stereocenters. The summed E-state index contributed by atoms with van der Waals surface area (Å²) in [7, 11) is 0. The second kappa shape index (κ2) is 5.57. The molecular formula is C12H23F3N2. The highest BCUT2D eigenvalue weighted by Gasteiger charge is 2.33. The minimum Gasteiger partial charge on any atom is -0.309 e. The van der Waals surface area contributed by atoms with Gasteiger partial charge in [0.2, 0.25) is 0 Å². The monoisotopic (exact) mass is 252 g/mol. The van der Waals surface area contributed by atoms with Gasteiger partial charge in [-0.2, -0.15) is 13.2 Å². The zero-order chi connectivity index (χ0) is 13.1. The molecule has 0 spiro atoms. The van der Waals surface area contributed by atoms with Crippen molar-refractivity contribution in [2.45, 2.75) is 57.8 Å². The van der Waals surface area contributed by atoms with Gasteiger partial charge in [0.05, 0.1) is 0 Å². The SMILES string of the molecule is CCC1(C)CN(CCCC(F)(F)F)C(C)CN1. The standard InChI is InChI=1S/C12H23F3N2/c1-4-11(3)9-17(10(2)8-16-11)7-5-6-12(13,14)15/h10,16H,4-9H2,1-3H3. The van der Waals surface area contributed by atoms with Crippen LogP contribution < -0.4 is 5.32 Å². The highest BCUT2D eigenvalue weighted by Crippen LogP contribution is 2.23. The first kappa shape index (κ1) is 14.8. The maximum absolute atomic E-state index is 12.1. The lowest BCUT2D eigenvalue weighted by Gasteiger charge is -2.45. The van der Waals surface area contributed by atoms with Gasteiger partial charge in [-0.05, 0) is 33.2 Å². The molecule has 5 heteroatoms. The fraction of sp³-hybridized carbons (Fsp3) is 1.00. The van der Waals surface area contributed by atoms with Crippen LogP contribution >= 0.6 is 0 Å². The lowest BCUT2D eigenvalue weighted by molar-refractivity contribution is -0.136. The van der Waals surface area contributed by atoms with E-state index in [1.807, 2.05) is 0 Å². The summed E-state index contributed by atoms with van der Waals surface area (Å²) in [6.07, 6.45) is -3.50. The van der Waals surface area contributed by atoms with Crippen LogP contribution in [0.1, 0.15) is 40.0 Å². The number of hydrogen-bond acceptors (Lipinski definition) is 2. The molecular weight excluding hydrogens is 229 g/mol. The highest BCUT2D eigenvalue weighted by molar-refractivity contribution is 4.92. The fourth-order valence-electron chi connectivity index (χ4n) is 2.20. The van der Waals surface area contributed by atoms with Gasteiger partial charge in [-0.25, -0.2) is 0 Å². The summed E-state index contributed by atoms with van der Waals surface area (Å²) in [6, 6.07) is 0.322. The predicted molar refractivity (Wildman–Crippen MR) is 63.0 cm³/mol. The third kappa shape index (κ3) is 4.84. The number of piperazine rings is 1. The van der Waals surface area contributed by atoms with E-state index >= 15 is 0 Å². The molecule has 0 radical (unpaired) electrons. The molecule has 0 amide bonds. The first-order valence-corrected chi connectivity index (χ1v) is 6.31. The van der Waals surface area contributed by atoms with E-state index in [0.717, 1.165) is 19.5 Å². The van der Waals surface area contributed by atoms with E-state index < -0.39 is 12.6 Å². The van der Waals surface area contributed by atoms with Gasteiger partial charge in [0.25, 0.3) is 0 Å². The Balaban J connectivity index is 2.40. The van der Waals surface area contributed by atoms with Gasteiger partial charge in [0.15, 0.2) is 0 Å². The molecule has 0 aromatic carbocycles. The van der Waals surface area contributed by atoms with Gasteiger partial charge in [0, 0.05) is 31.1 Å². The van der Waals surface area contributed by atoms with E-state index in [0.29, 0.717) is 12.6 Å². The molecule has 1 heterocycles. The average Bonchev–Trinajstić information content (AvgIpc) is 2.22. The fourth-order valence-corrected chi connectivity index (χ4v) is 2.20. The average molecular weight is 252 g/mol. The van der Waals surface area contributed by atoms with Crippen molar-refractivity contribution >= 4 is 0 Å². The maximum atomic E-state index is 12.1. The summed E-state index contributed by atoms with van der Waals surface area (Å²) in [4.78, 5) is 2.17. The predicted octanol–water partition coefficient (Wildman–Crippen LogP) is 2.79. The zero-order valence-corrected chi connectivity index (χ0v) is 10.9. The van der Waals surface area contributed by atoms with Crippen LogP contribution in [0.15, 0.2) is 0 Å². The molecule has 1 rings (SSSR count). The van der Waals surface area contributed by atoms with Crippen molar-refractivity contribution in [3.63, 3.8) is 0 Å². The van der Waals surface area contributed by atoms with Crippen LogP contribution in [0.3, 0.4) is 0 Å². The smallest absolute Gasteiger partial charge is 0.309 e. The molecule has 0 aromatic heterocycles. The Labute approximate surface area is 102 Å².